The molecule has 1 aromatic carbocycles. The molecule has 0 amide bonds. The predicted molar refractivity (Wildman–Crippen MR) is 71.4 cm³/mol. The quantitative estimate of drug-likeness (QED) is 0.739. The summed E-state index contributed by atoms with van der Waals surface area (Å²) in [5.74, 6) is 1.85. The summed E-state index contributed by atoms with van der Waals surface area (Å²) in [6, 6.07) is 6.59. The fourth-order valence-electron chi connectivity index (χ4n) is 2.05. The van der Waals surface area contributed by atoms with E-state index in [2.05, 4.69) is 48.0 Å². The minimum Gasteiger partial charge on any atom is -0.493 e. The summed E-state index contributed by atoms with van der Waals surface area (Å²) in [6.45, 7) is 5.39. The van der Waals surface area contributed by atoms with Crippen LogP contribution in [0.2, 0.25) is 0 Å². The van der Waals surface area contributed by atoms with Crippen molar-refractivity contribution in [3.05, 3.63) is 29.3 Å². The van der Waals surface area contributed by atoms with Gasteiger partial charge in [-0.1, -0.05) is 41.9 Å². The third-order valence-electron chi connectivity index (χ3n) is 3.07. The molecule has 0 saturated carbocycles. The van der Waals surface area contributed by atoms with Gasteiger partial charge in [-0.25, -0.2) is 0 Å². The number of hydrogen-bond acceptors (Lipinski definition) is 1. The van der Waals surface area contributed by atoms with Crippen LogP contribution in [-0.4, -0.2) is 6.61 Å². The van der Waals surface area contributed by atoms with Gasteiger partial charge in [0, 0.05) is 11.2 Å². The molecule has 1 nitrogen and oxygen atoms in total. The first-order valence-electron chi connectivity index (χ1n) is 6.06. The maximum absolute atomic E-state index is 5.52. The molecule has 1 aromatic rings. The molecule has 0 spiro atoms. The lowest BCUT2D eigenvalue weighted by Gasteiger charge is -2.12. The van der Waals surface area contributed by atoms with E-state index in [0.717, 1.165) is 24.7 Å². The maximum Gasteiger partial charge on any atom is 0.122 e. The molecular weight excluding hydrogens is 264 g/mol. The second kappa shape index (κ2) is 5.22. The number of ether oxygens (including phenoxy) is 1. The van der Waals surface area contributed by atoms with Gasteiger partial charge in [-0.2, -0.15) is 0 Å². The molecule has 1 aliphatic rings. The van der Waals surface area contributed by atoms with Crippen molar-refractivity contribution in [2.24, 2.45) is 5.92 Å². The Balaban J connectivity index is 2.03. The summed E-state index contributed by atoms with van der Waals surface area (Å²) in [7, 11) is 0. The van der Waals surface area contributed by atoms with Gasteiger partial charge in [0.1, 0.15) is 5.75 Å². The Bertz CT molecular complexity index is 360. The molecule has 1 aliphatic heterocycles. The van der Waals surface area contributed by atoms with Crippen LogP contribution in [0.5, 0.6) is 5.75 Å². The molecular formula is C14H19BrO. The Morgan fingerprint density at radius 3 is 2.88 bits per heavy atom. The maximum atomic E-state index is 5.52. The summed E-state index contributed by atoms with van der Waals surface area (Å²) in [5, 5.41) is 0. The van der Waals surface area contributed by atoms with Gasteiger partial charge in [-0.05, 0) is 36.0 Å². The number of hydrogen-bond donors (Lipinski definition) is 0. The van der Waals surface area contributed by atoms with E-state index in [1.165, 1.54) is 24.0 Å². The molecule has 1 heterocycles. The van der Waals surface area contributed by atoms with Gasteiger partial charge in [0.15, 0.2) is 0 Å². The first-order chi connectivity index (χ1) is 7.66. The van der Waals surface area contributed by atoms with Crippen molar-refractivity contribution in [3.63, 3.8) is 0 Å². The minimum absolute atomic E-state index is 0.487. The van der Waals surface area contributed by atoms with Crippen molar-refractivity contribution in [3.8, 4) is 5.75 Å². The van der Waals surface area contributed by atoms with Crippen molar-refractivity contribution >= 4 is 15.9 Å². The molecule has 1 atom stereocenters. The minimum atomic E-state index is 0.487. The topological polar surface area (TPSA) is 9.23 Å². The summed E-state index contributed by atoms with van der Waals surface area (Å²) in [5.41, 5.74) is 2.76. The van der Waals surface area contributed by atoms with E-state index < -0.39 is 0 Å². The number of benzene rings is 1. The molecule has 2 heteroatoms. The van der Waals surface area contributed by atoms with Crippen molar-refractivity contribution in [2.75, 3.05) is 6.61 Å². The summed E-state index contributed by atoms with van der Waals surface area (Å²) >= 11 is 3.78. The number of alkyl halides is 1. The van der Waals surface area contributed by atoms with Crippen molar-refractivity contribution in [2.45, 2.75) is 37.9 Å². The molecule has 0 bridgehead atoms. The van der Waals surface area contributed by atoms with E-state index in [1.807, 2.05) is 0 Å². The Kier molecular flexibility index (Phi) is 3.91. The third-order valence-corrected chi connectivity index (χ3v) is 4.06. The van der Waals surface area contributed by atoms with Crippen molar-refractivity contribution in [1.82, 2.24) is 0 Å². The van der Waals surface area contributed by atoms with Gasteiger partial charge in [0.25, 0.3) is 0 Å². The molecule has 16 heavy (non-hydrogen) atoms. The zero-order valence-corrected chi connectivity index (χ0v) is 11.6. The molecule has 0 radical (unpaired) electrons. The highest BCUT2D eigenvalue weighted by molar-refractivity contribution is 9.09. The summed E-state index contributed by atoms with van der Waals surface area (Å²) < 4.78 is 5.52. The fraction of sp³-hybridized carbons (Fsp3) is 0.571. The smallest absolute Gasteiger partial charge is 0.122 e. The molecule has 1 unspecified atom stereocenters. The first-order valence-corrected chi connectivity index (χ1v) is 6.98. The van der Waals surface area contributed by atoms with Crippen molar-refractivity contribution in [1.29, 1.82) is 0 Å². The van der Waals surface area contributed by atoms with E-state index in [0.29, 0.717) is 4.83 Å². The lowest BCUT2D eigenvalue weighted by molar-refractivity contribution is 0.357. The second-order valence-electron chi connectivity index (χ2n) is 4.90. The van der Waals surface area contributed by atoms with Crippen LogP contribution in [0.15, 0.2) is 18.2 Å². The van der Waals surface area contributed by atoms with E-state index in [9.17, 15) is 0 Å². The Morgan fingerprint density at radius 1 is 1.31 bits per heavy atom. The van der Waals surface area contributed by atoms with Crippen LogP contribution in [0.1, 0.15) is 42.6 Å². The van der Waals surface area contributed by atoms with E-state index in [1.54, 1.807) is 0 Å². The Hall–Kier alpha value is -0.500. The van der Waals surface area contributed by atoms with Crippen LogP contribution in [0.4, 0.5) is 0 Å². The van der Waals surface area contributed by atoms with Gasteiger partial charge in [-0.3, -0.25) is 0 Å². The Morgan fingerprint density at radius 2 is 2.12 bits per heavy atom. The van der Waals surface area contributed by atoms with Crippen LogP contribution in [0, 0.1) is 5.92 Å². The van der Waals surface area contributed by atoms with Gasteiger partial charge in [-0.15, -0.1) is 0 Å². The van der Waals surface area contributed by atoms with Crippen LogP contribution < -0.4 is 4.74 Å². The highest BCUT2D eigenvalue weighted by atomic mass is 79.9. The molecule has 0 fully saturated rings. The standard InChI is InChI=1S/C14H19BrO/c1-10(2)3-5-13(15)11-4-6-14-12(9-11)7-8-16-14/h4,6,9-10,13H,3,5,7-8H2,1-2H3. The average Bonchev–Trinajstić information content (AvgIpc) is 2.72. The van der Waals surface area contributed by atoms with Crippen LogP contribution >= 0.6 is 15.9 Å². The highest BCUT2D eigenvalue weighted by Gasteiger charge is 2.15. The number of rotatable bonds is 4. The Labute approximate surface area is 106 Å². The van der Waals surface area contributed by atoms with E-state index in [4.69, 9.17) is 4.74 Å². The third kappa shape index (κ3) is 2.79. The summed E-state index contributed by atoms with van der Waals surface area (Å²) in [4.78, 5) is 0.487. The summed E-state index contributed by atoms with van der Waals surface area (Å²) in [6.07, 6.45) is 3.54. The van der Waals surface area contributed by atoms with Crippen LogP contribution in [-0.2, 0) is 6.42 Å². The van der Waals surface area contributed by atoms with Crippen LogP contribution in [0.25, 0.3) is 0 Å². The fourth-order valence-corrected chi connectivity index (χ4v) is 2.60. The molecule has 0 N–H and O–H groups in total. The van der Waals surface area contributed by atoms with Gasteiger partial charge in [0.2, 0.25) is 0 Å². The first kappa shape index (κ1) is 12.0. The largest absolute Gasteiger partial charge is 0.493 e. The SMILES string of the molecule is CC(C)CCC(Br)c1ccc2c(c1)CCO2. The zero-order valence-electron chi connectivity index (χ0n) is 10.0. The van der Waals surface area contributed by atoms with Crippen LogP contribution in [0.3, 0.4) is 0 Å². The van der Waals surface area contributed by atoms with Gasteiger partial charge < -0.3 is 4.74 Å². The van der Waals surface area contributed by atoms with E-state index in [-0.39, 0.29) is 0 Å². The highest BCUT2D eigenvalue weighted by Crippen LogP contribution is 2.34. The lowest BCUT2D eigenvalue weighted by atomic mass is 10.0. The second-order valence-corrected chi connectivity index (χ2v) is 6.01. The van der Waals surface area contributed by atoms with Gasteiger partial charge >= 0.3 is 0 Å². The normalized spacial score (nSPS) is 16.0. The predicted octanol–water partition coefficient (Wildman–Crippen LogP) is 4.49. The molecule has 0 aromatic heterocycles. The average molecular weight is 283 g/mol. The lowest BCUT2D eigenvalue weighted by Crippen LogP contribution is -1.95. The van der Waals surface area contributed by atoms with E-state index >= 15 is 0 Å². The number of fused-ring (bicyclic) bond motifs is 1. The number of halogens is 1. The molecule has 0 saturated heterocycles. The molecule has 2 rings (SSSR count). The monoisotopic (exact) mass is 282 g/mol. The zero-order chi connectivity index (χ0) is 11.5. The van der Waals surface area contributed by atoms with Crippen molar-refractivity contribution < 1.29 is 4.74 Å². The molecule has 88 valence electrons. The van der Waals surface area contributed by atoms with Gasteiger partial charge in [0.05, 0.1) is 6.61 Å². The molecule has 0 aliphatic carbocycles.